The van der Waals surface area contributed by atoms with Gasteiger partial charge in [-0.3, -0.25) is 14.9 Å². The maximum atomic E-state index is 12.3. The third-order valence-corrected chi connectivity index (χ3v) is 6.51. The van der Waals surface area contributed by atoms with Gasteiger partial charge in [0.25, 0.3) is 0 Å². The van der Waals surface area contributed by atoms with Crippen LogP contribution in [0.15, 0.2) is 11.4 Å². The minimum Gasteiger partial charge on any atom is -0.331 e. The van der Waals surface area contributed by atoms with Gasteiger partial charge in [0.05, 0.1) is 5.54 Å². The fourth-order valence-corrected chi connectivity index (χ4v) is 5.91. The van der Waals surface area contributed by atoms with Gasteiger partial charge in [0.15, 0.2) is 0 Å². The number of nitrogens with zero attached hydrogens (tertiary/aromatic N) is 2. The van der Waals surface area contributed by atoms with Crippen molar-refractivity contribution in [3.05, 3.63) is 32.0 Å². The predicted octanol–water partition coefficient (Wildman–Crippen LogP) is 2.03. The van der Waals surface area contributed by atoms with Crippen LogP contribution in [0.25, 0.3) is 0 Å². The molecule has 5 nitrogen and oxygen atoms in total. The Bertz CT molecular complexity index is 599. The van der Waals surface area contributed by atoms with E-state index in [0.717, 1.165) is 25.8 Å². The third-order valence-electron chi connectivity index (χ3n) is 5.38. The lowest BCUT2D eigenvalue weighted by Gasteiger charge is -2.42. The summed E-state index contributed by atoms with van der Waals surface area (Å²) in [6, 6.07) is 2.16. The number of carbonyl (C=O) groups excluding carboxylic acids is 1. The molecule has 1 aromatic rings. The molecule has 3 heterocycles. The van der Waals surface area contributed by atoms with Crippen LogP contribution in [0.1, 0.15) is 29.7 Å². The molecule has 1 amide bonds. The standard InChI is InChI=1S/C14H16N2O3S/c17-12-7-11-10(8-16(18)19)1-4-14(11)13-9(3-6-20-13)2-5-15(12)14/h3,6,10-11H,1-2,4-5,7-8H2/t10-,11-,14+/m0/s1. The zero-order valence-electron chi connectivity index (χ0n) is 11.1. The summed E-state index contributed by atoms with van der Waals surface area (Å²) in [6.45, 7) is 0.790. The average Bonchev–Trinajstić information content (AvgIpc) is 3.04. The molecular weight excluding hydrogens is 276 g/mol. The van der Waals surface area contributed by atoms with E-state index in [0.29, 0.717) is 6.42 Å². The number of hydrogen-bond donors (Lipinski definition) is 0. The summed E-state index contributed by atoms with van der Waals surface area (Å²) in [4.78, 5) is 26.4. The molecule has 1 spiro atoms. The van der Waals surface area contributed by atoms with E-state index in [1.165, 1.54) is 10.4 Å². The van der Waals surface area contributed by atoms with Crippen LogP contribution in [-0.2, 0) is 16.8 Å². The predicted molar refractivity (Wildman–Crippen MR) is 74.1 cm³/mol. The highest BCUT2D eigenvalue weighted by Gasteiger charge is 2.62. The van der Waals surface area contributed by atoms with Crippen LogP contribution in [0.5, 0.6) is 0 Å². The van der Waals surface area contributed by atoms with Gasteiger partial charge in [0, 0.05) is 34.6 Å². The first-order valence-electron chi connectivity index (χ1n) is 7.12. The molecule has 1 aromatic heterocycles. The van der Waals surface area contributed by atoms with Crippen LogP contribution >= 0.6 is 11.3 Å². The van der Waals surface area contributed by atoms with Crippen LogP contribution in [0.2, 0.25) is 0 Å². The first-order valence-corrected chi connectivity index (χ1v) is 8.00. The number of carbonyl (C=O) groups is 1. The second-order valence-electron chi connectivity index (χ2n) is 6.12. The van der Waals surface area contributed by atoms with Gasteiger partial charge in [0.1, 0.15) is 0 Å². The first-order chi connectivity index (χ1) is 9.63. The van der Waals surface area contributed by atoms with Gasteiger partial charge >= 0.3 is 0 Å². The van der Waals surface area contributed by atoms with Crippen molar-refractivity contribution < 1.29 is 9.72 Å². The fourth-order valence-electron chi connectivity index (χ4n) is 4.66. The number of hydrogen-bond acceptors (Lipinski definition) is 4. The molecule has 1 saturated heterocycles. The highest BCUT2D eigenvalue weighted by Crippen LogP contribution is 2.59. The van der Waals surface area contributed by atoms with Crippen molar-refractivity contribution in [3.8, 4) is 0 Å². The molecule has 0 N–H and O–H groups in total. The Morgan fingerprint density at radius 2 is 2.40 bits per heavy atom. The van der Waals surface area contributed by atoms with E-state index in [-0.39, 0.29) is 34.7 Å². The summed E-state index contributed by atoms with van der Waals surface area (Å²) >= 11 is 1.73. The van der Waals surface area contributed by atoms with E-state index in [2.05, 4.69) is 11.4 Å². The molecule has 2 fully saturated rings. The Balaban J connectivity index is 1.80. The van der Waals surface area contributed by atoms with E-state index in [1.54, 1.807) is 11.3 Å². The summed E-state index contributed by atoms with van der Waals surface area (Å²) < 4.78 is 0. The molecule has 6 heteroatoms. The maximum Gasteiger partial charge on any atom is 0.223 e. The van der Waals surface area contributed by atoms with Gasteiger partial charge in [-0.05, 0) is 36.3 Å². The minimum absolute atomic E-state index is 0.00818. The Kier molecular flexibility index (Phi) is 2.49. The lowest BCUT2D eigenvalue weighted by Crippen LogP contribution is -2.48. The zero-order chi connectivity index (χ0) is 13.9. The Hall–Kier alpha value is -1.43. The van der Waals surface area contributed by atoms with Gasteiger partial charge in [-0.2, -0.15) is 0 Å². The molecule has 106 valence electrons. The van der Waals surface area contributed by atoms with Gasteiger partial charge in [-0.15, -0.1) is 11.3 Å². The largest absolute Gasteiger partial charge is 0.331 e. The monoisotopic (exact) mass is 292 g/mol. The van der Waals surface area contributed by atoms with Crippen molar-refractivity contribution in [2.45, 2.75) is 31.2 Å². The summed E-state index contributed by atoms with van der Waals surface area (Å²) in [7, 11) is 0. The van der Waals surface area contributed by atoms with E-state index < -0.39 is 0 Å². The molecule has 2 aliphatic heterocycles. The van der Waals surface area contributed by atoms with Crippen molar-refractivity contribution >= 4 is 17.2 Å². The summed E-state index contributed by atoms with van der Waals surface area (Å²) in [5.74, 6) is 0.382. The molecule has 0 radical (unpaired) electrons. The van der Waals surface area contributed by atoms with Crippen molar-refractivity contribution in [3.63, 3.8) is 0 Å². The second kappa shape index (κ2) is 4.04. The van der Waals surface area contributed by atoms with Crippen LogP contribution in [0, 0.1) is 22.0 Å². The van der Waals surface area contributed by atoms with Crippen molar-refractivity contribution in [2.75, 3.05) is 13.1 Å². The molecule has 3 aliphatic rings. The van der Waals surface area contributed by atoms with Crippen molar-refractivity contribution in [2.24, 2.45) is 11.8 Å². The highest BCUT2D eigenvalue weighted by molar-refractivity contribution is 7.10. The van der Waals surface area contributed by atoms with Crippen LogP contribution in [0.4, 0.5) is 0 Å². The van der Waals surface area contributed by atoms with Gasteiger partial charge in [0.2, 0.25) is 12.5 Å². The minimum atomic E-state index is -0.213. The van der Waals surface area contributed by atoms with Crippen LogP contribution in [-0.4, -0.2) is 28.8 Å². The number of fused-ring (bicyclic) bond motifs is 1. The van der Waals surface area contributed by atoms with E-state index in [4.69, 9.17) is 0 Å². The quantitative estimate of drug-likeness (QED) is 0.619. The molecule has 0 bridgehead atoms. The fraction of sp³-hybridized carbons (Fsp3) is 0.643. The molecule has 1 saturated carbocycles. The van der Waals surface area contributed by atoms with Gasteiger partial charge < -0.3 is 4.90 Å². The molecule has 0 aromatic carbocycles. The number of thiophene rings is 1. The van der Waals surface area contributed by atoms with E-state index in [1.807, 2.05) is 4.90 Å². The number of rotatable bonds is 2. The van der Waals surface area contributed by atoms with Crippen LogP contribution < -0.4 is 0 Å². The van der Waals surface area contributed by atoms with Crippen molar-refractivity contribution in [1.82, 2.24) is 4.90 Å². The zero-order valence-corrected chi connectivity index (χ0v) is 11.9. The smallest absolute Gasteiger partial charge is 0.223 e. The van der Waals surface area contributed by atoms with Gasteiger partial charge in [-0.1, -0.05) is 0 Å². The second-order valence-corrected chi connectivity index (χ2v) is 7.04. The Morgan fingerprint density at radius 1 is 1.55 bits per heavy atom. The summed E-state index contributed by atoms with van der Waals surface area (Å²) in [5, 5.41) is 13.0. The number of amides is 1. The lowest BCUT2D eigenvalue weighted by atomic mass is 9.79. The van der Waals surface area contributed by atoms with Crippen LogP contribution in [0.3, 0.4) is 0 Å². The van der Waals surface area contributed by atoms with Gasteiger partial charge in [-0.25, -0.2) is 0 Å². The first kappa shape index (κ1) is 12.3. The van der Waals surface area contributed by atoms with E-state index in [9.17, 15) is 14.9 Å². The molecular formula is C14H16N2O3S. The molecule has 3 atom stereocenters. The topological polar surface area (TPSA) is 63.4 Å². The molecule has 0 unspecified atom stereocenters. The Morgan fingerprint density at radius 3 is 3.20 bits per heavy atom. The SMILES string of the molecule is O=C1C[C@H]2[C@H](C[N+](=O)[O-])CC[C@]23c2sccc2CCN13. The molecule has 4 rings (SSSR count). The maximum absolute atomic E-state index is 12.3. The summed E-state index contributed by atoms with van der Waals surface area (Å²) in [5.41, 5.74) is 1.15. The molecule has 20 heavy (non-hydrogen) atoms. The molecule has 1 aliphatic carbocycles. The normalized spacial score (nSPS) is 34.8. The lowest BCUT2D eigenvalue weighted by molar-refractivity contribution is -0.489. The van der Waals surface area contributed by atoms with E-state index >= 15 is 0 Å². The Labute approximate surface area is 120 Å². The van der Waals surface area contributed by atoms with Crippen molar-refractivity contribution in [1.29, 1.82) is 0 Å². The highest BCUT2D eigenvalue weighted by atomic mass is 32.1. The third kappa shape index (κ3) is 1.40. The number of nitro groups is 1. The summed E-state index contributed by atoms with van der Waals surface area (Å²) in [6.07, 6.45) is 3.19. The average molecular weight is 292 g/mol.